The number of carboxylic acids is 1. The SMILES string of the molecule is COC(C)(C)[C@H](NC(=O)C1CCCC1)C(=O)O. The third kappa shape index (κ3) is 3.43. The monoisotopic (exact) mass is 243 g/mol. The quantitative estimate of drug-likeness (QED) is 0.760. The lowest BCUT2D eigenvalue weighted by Gasteiger charge is -2.31. The molecule has 0 aromatic rings. The van der Waals surface area contributed by atoms with Gasteiger partial charge in [0.2, 0.25) is 5.91 Å². The van der Waals surface area contributed by atoms with Crippen molar-refractivity contribution in [3.8, 4) is 0 Å². The van der Waals surface area contributed by atoms with Crippen LogP contribution in [0.1, 0.15) is 39.5 Å². The van der Waals surface area contributed by atoms with Gasteiger partial charge in [-0.3, -0.25) is 4.79 Å². The summed E-state index contributed by atoms with van der Waals surface area (Å²) in [6.45, 7) is 3.31. The first kappa shape index (κ1) is 14.0. The van der Waals surface area contributed by atoms with Crippen molar-refractivity contribution in [1.29, 1.82) is 0 Å². The van der Waals surface area contributed by atoms with Crippen molar-refractivity contribution in [2.75, 3.05) is 7.11 Å². The number of nitrogens with one attached hydrogen (secondary N) is 1. The number of hydrogen-bond acceptors (Lipinski definition) is 3. The minimum Gasteiger partial charge on any atom is -0.480 e. The Hall–Kier alpha value is -1.10. The van der Waals surface area contributed by atoms with Gasteiger partial charge < -0.3 is 15.2 Å². The molecule has 1 aliphatic carbocycles. The van der Waals surface area contributed by atoms with Gasteiger partial charge in [-0.2, -0.15) is 0 Å². The van der Waals surface area contributed by atoms with Crippen molar-refractivity contribution in [1.82, 2.24) is 5.32 Å². The topological polar surface area (TPSA) is 75.6 Å². The van der Waals surface area contributed by atoms with E-state index in [4.69, 9.17) is 9.84 Å². The molecule has 0 unspecified atom stereocenters. The number of aliphatic carboxylic acids is 1. The van der Waals surface area contributed by atoms with Gasteiger partial charge in [0.05, 0.1) is 5.60 Å². The molecule has 2 N–H and O–H groups in total. The number of amides is 1. The molecule has 1 fully saturated rings. The number of hydrogen-bond donors (Lipinski definition) is 2. The highest BCUT2D eigenvalue weighted by molar-refractivity contribution is 5.85. The number of methoxy groups -OCH3 is 1. The lowest BCUT2D eigenvalue weighted by atomic mass is 9.97. The highest BCUT2D eigenvalue weighted by Gasteiger charge is 2.38. The minimum absolute atomic E-state index is 0.0375. The van der Waals surface area contributed by atoms with E-state index >= 15 is 0 Å². The smallest absolute Gasteiger partial charge is 0.329 e. The van der Waals surface area contributed by atoms with Crippen LogP contribution in [0.3, 0.4) is 0 Å². The second kappa shape index (κ2) is 5.49. The van der Waals surface area contributed by atoms with Crippen molar-refractivity contribution >= 4 is 11.9 Å². The molecule has 1 aliphatic rings. The van der Waals surface area contributed by atoms with Gasteiger partial charge in [0.1, 0.15) is 0 Å². The van der Waals surface area contributed by atoms with Crippen molar-refractivity contribution in [3.05, 3.63) is 0 Å². The fraction of sp³-hybridized carbons (Fsp3) is 0.833. The largest absolute Gasteiger partial charge is 0.480 e. The molecule has 0 aromatic carbocycles. The van der Waals surface area contributed by atoms with Crippen LogP contribution in [-0.4, -0.2) is 35.7 Å². The van der Waals surface area contributed by atoms with Crippen LogP contribution < -0.4 is 5.32 Å². The zero-order valence-electron chi connectivity index (χ0n) is 10.7. The summed E-state index contributed by atoms with van der Waals surface area (Å²) in [6.07, 6.45) is 3.80. The number of carbonyl (C=O) groups is 2. The molecular weight excluding hydrogens is 222 g/mol. The van der Waals surface area contributed by atoms with E-state index in [-0.39, 0.29) is 11.8 Å². The Labute approximate surface area is 102 Å². The molecule has 0 radical (unpaired) electrons. The van der Waals surface area contributed by atoms with E-state index < -0.39 is 17.6 Å². The van der Waals surface area contributed by atoms with Gasteiger partial charge in [0.15, 0.2) is 6.04 Å². The Morgan fingerprint density at radius 3 is 2.29 bits per heavy atom. The summed E-state index contributed by atoms with van der Waals surface area (Å²) in [7, 11) is 1.44. The molecule has 98 valence electrons. The van der Waals surface area contributed by atoms with Gasteiger partial charge in [-0.05, 0) is 26.7 Å². The molecule has 0 spiro atoms. The average Bonchev–Trinajstić information content (AvgIpc) is 2.78. The summed E-state index contributed by atoms with van der Waals surface area (Å²) in [5, 5.41) is 11.7. The molecule has 17 heavy (non-hydrogen) atoms. The van der Waals surface area contributed by atoms with Gasteiger partial charge in [0.25, 0.3) is 0 Å². The Balaban J connectivity index is 2.66. The van der Waals surface area contributed by atoms with E-state index in [0.29, 0.717) is 0 Å². The highest BCUT2D eigenvalue weighted by Crippen LogP contribution is 2.25. The second-order valence-electron chi connectivity index (χ2n) is 5.07. The van der Waals surface area contributed by atoms with Crippen LogP contribution in [0, 0.1) is 5.92 Å². The number of rotatable bonds is 5. The minimum atomic E-state index is -1.07. The number of ether oxygens (including phenoxy) is 1. The van der Waals surface area contributed by atoms with Crippen LogP contribution in [0.25, 0.3) is 0 Å². The van der Waals surface area contributed by atoms with Gasteiger partial charge >= 0.3 is 5.97 Å². The molecule has 1 atom stereocenters. The van der Waals surface area contributed by atoms with Gasteiger partial charge in [-0.25, -0.2) is 4.79 Å². The summed E-state index contributed by atoms with van der Waals surface area (Å²) >= 11 is 0. The molecule has 5 nitrogen and oxygen atoms in total. The third-order valence-corrected chi connectivity index (χ3v) is 3.48. The first-order valence-electron chi connectivity index (χ1n) is 5.97. The fourth-order valence-corrected chi connectivity index (χ4v) is 2.10. The Kier molecular flexibility index (Phi) is 4.51. The molecule has 1 amide bonds. The summed E-state index contributed by atoms with van der Waals surface area (Å²) in [5.74, 6) is -1.27. The Bertz CT molecular complexity index is 295. The van der Waals surface area contributed by atoms with Crippen molar-refractivity contribution < 1.29 is 19.4 Å². The van der Waals surface area contributed by atoms with Crippen molar-refractivity contribution in [2.45, 2.75) is 51.2 Å². The zero-order chi connectivity index (χ0) is 13.1. The van der Waals surface area contributed by atoms with E-state index in [9.17, 15) is 9.59 Å². The van der Waals surface area contributed by atoms with E-state index in [1.807, 2.05) is 0 Å². The summed E-state index contributed by atoms with van der Waals surface area (Å²) in [4.78, 5) is 23.1. The maximum absolute atomic E-state index is 11.9. The van der Waals surface area contributed by atoms with Crippen LogP contribution in [-0.2, 0) is 14.3 Å². The van der Waals surface area contributed by atoms with Crippen LogP contribution >= 0.6 is 0 Å². The summed E-state index contributed by atoms with van der Waals surface area (Å²) in [5.41, 5.74) is -0.917. The molecule has 1 saturated carbocycles. The van der Waals surface area contributed by atoms with Crippen LogP contribution in [0.15, 0.2) is 0 Å². The van der Waals surface area contributed by atoms with E-state index in [0.717, 1.165) is 25.7 Å². The van der Waals surface area contributed by atoms with Gasteiger partial charge in [0, 0.05) is 13.0 Å². The maximum atomic E-state index is 11.9. The Morgan fingerprint density at radius 1 is 1.35 bits per heavy atom. The van der Waals surface area contributed by atoms with Gasteiger partial charge in [-0.1, -0.05) is 12.8 Å². The van der Waals surface area contributed by atoms with Crippen molar-refractivity contribution in [2.24, 2.45) is 5.92 Å². The van der Waals surface area contributed by atoms with Crippen LogP contribution in [0.5, 0.6) is 0 Å². The standard InChI is InChI=1S/C12H21NO4/c1-12(2,17-3)9(11(15)16)13-10(14)8-6-4-5-7-8/h8-9H,4-7H2,1-3H3,(H,13,14)(H,15,16)/t9-/m1/s1. The zero-order valence-corrected chi connectivity index (χ0v) is 10.7. The molecule has 0 bridgehead atoms. The van der Waals surface area contributed by atoms with Gasteiger partial charge in [-0.15, -0.1) is 0 Å². The lowest BCUT2D eigenvalue weighted by molar-refractivity contribution is -0.150. The molecule has 0 saturated heterocycles. The fourth-order valence-electron chi connectivity index (χ4n) is 2.10. The van der Waals surface area contributed by atoms with Crippen molar-refractivity contribution in [3.63, 3.8) is 0 Å². The molecule has 0 aliphatic heterocycles. The predicted octanol–water partition coefficient (Wildman–Crippen LogP) is 1.17. The number of carboxylic acid groups (broad SMARTS) is 1. The number of carbonyl (C=O) groups excluding carboxylic acids is 1. The first-order chi connectivity index (χ1) is 7.88. The predicted molar refractivity (Wildman–Crippen MR) is 62.6 cm³/mol. The highest BCUT2D eigenvalue weighted by atomic mass is 16.5. The lowest BCUT2D eigenvalue weighted by Crippen LogP contribution is -2.56. The third-order valence-electron chi connectivity index (χ3n) is 3.48. The average molecular weight is 243 g/mol. The van der Waals surface area contributed by atoms with E-state index in [1.165, 1.54) is 7.11 Å². The molecule has 0 aromatic heterocycles. The molecule has 0 heterocycles. The first-order valence-corrected chi connectivity index (χ1v) is 5.97. The van der Waals surface area contributed by atoms with E-state index in [1.54, 1.807) is 13.8 Å². The molecular formula is C12H21NO4. The van der Waals surface area contributed by atoms with E-state index in [2.05, 4.69) is 5.32 Å². The maximum Gasteiger partial charge on any atom is 0.329 e. The normalized spacial score (nSPS) is 19.0. The van der Waals surface area contributed by atoms with Crippen LogP contribution in [0.2, 0.25) is 0 Å². The molecule has 5 heteroatoms. The van der Waals surface area contributed by atoms with Crippen LogP contribution in [0.4, 0.5) is 0 Å². The summed E-state index contributed by atoms with van der Waals surface area (Å²) < 4.78 is 5.13. The Morgan fingerprint density at radius 2 is 1.88 bits per heavy atom. The molecule has 1 rings (SSSR count). The summed E-state index contributed by atoms with van der Waals surface area (Å²) in [6, 6.07) is -1.01. The second-order valence-corrected chi connectivity index (χ2v) is 5.07.